The molecule has 6 N–H and O–H groups in total. The molecule has 2 rings (SSSR count). The van der Waals surface area contributed by atoms with Crippen molar-refractivity contribution in [3.63, 3.8) is 0 Å². The third kappa shape index (κ3) is 7.92. The predicted molar refractivity (Wildman–Crippen MR) is 109 cm³/mol. The Hall–Kier alpha value is -1.32. The fourth-order valence-corrected chi connectivity index (χ4v) is 3.29. The Bertz CT molecular complexity index is 550. The van der Waals surface area contributed by atoms with Crippen molar-refractivity contribution < 1.29 is 9.84 Å². The molecule has 1 fully saturated rings. The monoisotopic (exact) mass is 383 g/mol. The molecule has 0 spiro atoms. The highest BCUT2D eigenvalue weighted by molar-refractivity contribution is 7.97. The fraction of sp³-hybridized carbons (Fsp3) is 0.611. The van der Waals surface area contributed by atoms with E-state index in [0.29, 0.717) is 18.9 Å². The van der Waals surface area contributed by atoms with Crippen LogP contribution in [0.3, 0.4) is 0 Å². The summed E-state index contributed by atoms with van der Waals surface area (Å²) in [4.78, 5) is 1.05. The first kappa shape index (κ1) is 22.7. The number of hydrazine groups is 1. The minimum absolute atomic E-state index is 0.112. The van der Waals surface area contributed by atoms with Gasteiger partial charge >= 0.3 is 0 Å². The molecule has 1 aromatic rings. The molecule has 0 aromatic heterocycles. The van der Waals surface area contributed by atoms with Crippen molar-refractivity contribution in [2.24, 2.45) is 16.7 Å². The molecule has 0 radical (unpaired) electrons. The second-order valence-electron chi connectivity index (χ2n) is 5.79. The van der Waals surface area contributed by atoms with Gasteiger partial charge in [0.05, 0.1) is 19.3 Å². The molecular weight excluding hydrogens is 350 g/mol. The molecule has 0 bridgehead atoms. The molecule has 26 heavy (non-hydrogen) atoms. The molecule has 7 nitrogen and oxygen atoms in total. The number of nitrogens with zero attached hydrogens (tertiary/aromatic N) is 2. The lowest BCUT2D eigenvalue weighted by atomic mass is 10.1. The van der Waals surface area contributed by atoms with E-state index in [9.17, 15) is 0 Å². The number of benzene rings is 1. The number of aliphatic hydroxyl groups excluding tert-OH is 1. The lowest BCUT2D eigenvalue weighted by Gasteiger charge is -2.25. The summed E-state index contributed by atoms with van der Waals surface area (Å²) in [5.74, 6) is 6.35. The first-order valence-electron chi connectivity index (χ1n) is 9.19. The molecule has 1 aliphatic heterocycles. The van der Waals surface area contributed by atoms with Crippen molar-refractivity contribution in [2.45, 2.75) is 51.0 Å². The molecule has 0 amide bonds. The Balaban J connectivity index is 0.00000163. The van der Waals surface area contributed by atoms with Crippen LogP contribution >= 0.6 is 11.9 Å². The van der Waals surface area contributed by atoms with Crippen molar-refractivity contribution >= 4 is 17.8 Å². The number of hydrogen-bond acceptors (Lipinski definition) is 7. The van der Waals surface area contributed by atoms with E-state index in [2.05, 4.69) is 9.82 Å². The summed E-state index contributed by atoms with van der Waals surface area (Å²) in [6, 6.07) is 5.92. The maximum absolute atomic E-state index is 8.78. The van der Waals surface area contributed by atoms with Crippen molar-refractivity contribution in [3.05, 3.63) is 29.3 Å². The van der Waals surface area contributed by atoms with Gasteiger partial charge in [-0.15, -0.1) is 5.10 Å². The quantitative estimate of drug-likeness (QED) is 0.136. The molecule has 8 heteroatoms. The second kappa shape index (κ2) is 12.9. The van der Waals surface area contributed by atoms with Gasteiger partial charge in [0.25, 0.3) is 0 Å². The molecule has 1 unspecified atom stereocenters. The molecular formula is C18H33N5O2S. The first-order chi connectivity index (χ1) is 12.6. The van der Waals surface area contributed by atoms with Crippen molar-refractivity contribution in [3.8, 4) is 0 Å². The van der Waals surface area contributed by atoms with Crippen molar-refractivity contribution in [1.29, 1.82) is 0 Å². The van der Waals surface area contributed by atoms with Gasteiger partial charge in [-0.2, -0.15) is 0 Å². The molecule has 0 aliphatic carbocycles. The van der Waals surface area contributed by atoms with Gasteiger partial charge in [0.2, 0.25) is 0 Å². The Morgan fingerprint density at radius 3 is 2.81 bits per heavy atom. The summed E-state index contributed by atoms with van der Waals surface area (Å²) < 4.78 is 8.73. The van der Waals surface area contributed by atoms with Gasteiger partial charge in [-0.3, -0.25) is 4.72 Å². The normalized spacial score (nSPS) is 17.4. The van der Waals surface area contributed by atoms with Crippen LogP contribution in [-0.4, -0.2) is 48.5 Å². The predicted octanol–water partition coefficient (Wildman–Crippen LogP) is 1.98. The van der Waals surface area contributed by atoms with E-state index in [1.54, 1.807) is 0 Å². The average molecular weight is 384 g/mol. The molecule has 1 heterocycles. The number of nitrogens with one attached hydrogen (secondary N) is 1. The van der Waals surface area contributed by atoms with E-state index < -0.39 is 0 Å². The van der Waals surface area contributed by atoms with Gasteiger partial charge in [-0.05, 0) is 61.9 Å². The molecule has 1 aliphatic rings. The summed E-state index contributed by atoms with van der Waals surface area (Å²) in [5, 5.41) is 14.4. The van der Waals surface area contributed by atoms with Crippen LogP contribution in [0.15, 0.2) is 28.2 Å². The summed E-state index contributed by atoms with van der Waals surface area (Å²) in [5.41, 5.74) is 7.99. The van der Waals surface area contributed by atoms with Gasteiger partial charge in [-0.1, -0.05) is 13.8 Å². The Morgan fingerprint density at radius 2 is 2.19 bits per heavy atom. The maximum atomic E-state index is 8.78. The SMILES string of the molecule is CC.Cc1cc(SNCCO)ccc1/C(N)=N/N(N)CC1CCCCO1. The highest BCUT2D eigenvalue weighted by Gasteiger charge is 2.16. The zero-order chi connectivity index (χ0) is 19.4. The van der Waals surface area contributed by atoms with E-state index in [-0.39, 0.29) is 12.7 Å². The van der Waals surface area contributed by atoms with Crippen LogP contribution in [0.2, 0.25) is 0 Å². The van der Waals surface area contributed by atoms with Gasteiger partial charge in [0, 0.05) is 23.6 Å². The number of nitrogens with two attached hydrogens (primary N) is 2. The molecule has 1 aromatic carbocycles. The standard InChI is InChI=1S/C16H27N5O2S.C2H6/c1-12-10-14(24-19-7-8-22)5-6-15(12)16(17)20-21(18)11-13-4-2-3-9-23-13;1-2/h5-6,10,13,19,22H,2-4,7-9,11,18H2,1H3,(H2,17,20);1-2H3. The lowest BCUT2D eigenvalue weighted by molar-refractivity contribution is -0.00546. The van der Waals surface area contributed by atoms with Crippen LogP contribution in [0.25, 0.3) is 0 Å². The van der Waals surface area contributed by atoms with Gasteiger partial charge < -0.3 is 15.6 Å². The number of amidine groups is 1. The van der Waals surface area contributed by atoms with Gasteiger partial charge in [0.15, 0.2) is 5.84 Å². The van der Waals surface area contributed by atoms with E-state index in [0.717, 1.165) is 35.5 Å². The van der Waals surface area contributed by atoms with Crippen LogP contribution in [-0.2, 0) is 4.74 Å². The second-order valence-corrected chi connectivity index (χ2v) is 6.76. The minimum Gasteiger partial charge on any atom is -0.395 e. The largest absolute Gasteiger partial charge is 0.395 e. The summed E-state index contributed by atoms with van der Waals surface area (Å²) in [7, 11) is 0. The zero-order valence-corrected chi connectivity index (χ0v) is 16.9. The number of aryl methyl sites for hydroxylation is 1. The van der Waals surface area contributed by atoms with Gasteiger partial charge in [-0.25, -0.2) is 11.0 Å². The third-order valence-corrected chi connectivity index (χ3v) is 4.62. The van der Waals surface area contributed by atoms with Crippen molar-refractivity contribution in [2.75, 3.05) is 26.3 Å². The fourth-order valence-electron chi connectivity index (χ4n) is 2.56. The molecule has 1 saturated heterocycles. The van der Waals surface area contributed by atoms with Crippen LogP contribution < -0.4 is 16.3 Å². The number of hydrazone groups is 1. The number of aliphatic hydroxyl groups is 1. The molecule has 1 atom stereocenters. The topological polar surface area (TPSA) is 109 Å². The van der Waals surface area contributed by atoms with Gasteiger partial charge in [0.1, 0.15) is 0 Å². The van der Waals surface area contributed by atoms with Crippen LogP contribution in [0.4, 0.5) is 0 Å². The van der Waals surface area contributed by atoms with E-state index in [1.165, 1.54) is 23.5 Å². The average Bonchev–Trinajstić information content (AvgIpc) is 2.64. The maximum Gasteiger partial charge on any atom is 0.152 e. The third-order valence-electron chi connectivity index (χ3n) is 3.78. The van der Waals surface area contributed by atoms with E-state index >= 15 is 0 Å². The highest BCUT2D eigenvalue weighted by atomic mass is 32.2. The zero-order valence-electron chi connectivity index (χ0n) is 16.1. The Morgan fingerprint density at radius 1 is 1.42 bits per heavy atom. The lowest BCUT2D eigenvalue weighted by Crippen LogP contribution is -2.38. The molecule has 148 valence electrons. The first-order valence-corrected chi connectivity index (χ1v) is 10.0. The smallest absolute Gasteiger partial charge is 0.152 e. The van der Waals surface area contributed by atoms with E-state index in [4.69, 9.17) is 21.4 Å². The highest BCUT2D eigenvalue weighted by Crippen LogP contribution is 2.19. The minimum atomic E-state index is 0.112. The number of ether oxygens (including phenoxy) is 1. The number of rotatable bonds is 8. The van der Waals surface area contributed by atoms with E-state index in [1.807, 2.05) is 39.0 Å². The van der Waals surface area contributed by atoms with Crippen LogP contribution in [0.1, 0.15) is 44.2 Å². The Kier molecular flexibility index (Phi) is 11.3. The van der Waals surface area contributed by atoms with Crippen molar-refractivity contribution in [1.82, 2.24) is 9.84 Å². The summed E-state index contributed by atoms with van der Waals surface area (Å²) in [6.07, 6.45) is 3.41. The van der Waals surface area contributed by atoms with Crippen LogP contribution in [0.5, 0.6) is 0 Å². The van der Waals surface area contributed by atoms with Crippen LogP contribution in [0, 0.1) is 6.92 Å². The molecule has 0 saturated carbocycles. The Labute approximate surface area is 161 Å². The summed E-state index contributed by atoms with van der Waals surface area (Å²) in [6.45, 7) is 7.97. The number of hydrogen-bond donors (Lipinski definition) is 4. The summed E-state index contributed by atoms with van der Waals surface area (Å²) >= 11 is 1.47.